The van der Waals surface area contributed by atoms with Crippen LogP contribution in [0.2, 0.25) is 0 Å². The number of hydrogen-bond donors (Lipinski definition) is 0. The summed E-state index contributed by atoms with van der Waals surface area (Å²) in [5, 5.41) is 8.37. The average molecular weight is 360 g/mol. The zero-order chi connectivity index (χ0) is 18.1. The first-order valence-corrected chi connectivity index (χ1v) is 9.31. The van der Waals surface area contributed by atoms with E-state index >= 15 is 0 Å². The number of hydrogen-bond acceptors (Lipinski definition) is 6. The summed E-state index contributed by atoms with van der Waals surface area (Å²) >= 11 is 0. The van der Waals surface area contributed by atoms with E-state index in [2.05, 4.69) is 20.1 Å². The molecule has 6 nitrogen and oxygen atoms in total. The van der Waals surface area contributed by atoms with Crippen LogP contribution in [0.3, 0.4) is 0 Å². The maximum atomic E-state index is 5.94. The number of rotatable bonds is 4. The van der Waals surface area contributed by atoms with Crippen LogP contribution in [-0.2, 0) is 6.54 Å². The molecule has 0 spiro atoms. The second kappa shape index (κ2) is 6.96. The molecular formula is C21H20N4O2. The van der Waals surface area contributed by atoms with Gasteiger partial charge in [-0.3, -0.25) is 4.90 Å². The summed E-state index contributed by atoms with van der Waals surface area (Å²) in [6.07, 6.45) is 2.04. The van der Waals surface area contributed by atoms with Gasteiger partial charge in [-0.05, 0) is 50.2 Å². The molecule has 1 aliphatic rings. The zero-order valence-electron chi connectivity index (χ0n) is 14.9. The number of nitrogens with zero attached hydrogens (tertiary/aromatic N) is 4. The van der Waals surface area contributed by atoms with Crippen molar-refractivity contribution in [1.29, 1.82) is 0 Å². The lowest BCUT2D eigenvalue weighted by atomic mass is 9.97. The van der Waals surface area contributed by atoms with E-state index in [-0.39, 0.29) is 0 Å². The molecule has 0 amide bonds. The lowest BCUT2D eigenvalue weighted by molar-refractivity contribution is 0.179. The topological polar surface area (TPSA) is 68.2 Å². The monoisotopic (exact) mass is 360 g/mol. The minimum absolute atomic E-state index is 0.371. The molecule has 0 atom stereocenters. The molecule has 0 radical (unpaired) electrons. The molecule has 3 heterocycles. The van der Waals surface area contributed by atoms with Crippen LogP contribution in [0.4, 0.5) is 0 Å². The quantitative estimate of drug-likeness (QED) is 0.542. The van der Waals surface area contributed by atoms with Gasteiger partial charge in [0.05, 0.1) is 6.54 Å². The van der Waals surface area contributed by atoms with Gasteiger partial charge in [0.2, 0.25) is 11.8 Å². The van der Waals surface area contributed by atoms with Gasteiger partial charge in [0, 0.05) is 11.5 Å². The van der Waals surface area contributed by atoms with Crippen LogP contribution in [0.25, 0.3) is 22.6 Å². The number of fused-ring (bicyclic) bond motifs is 1. The third-order valence-corrected chi connectivity index (χ3v) is 5.09. The average Bonchev–Trinajstić information content (AvgIpc) is 3.36. The van der Waals surface area contributed by atoms with E-state index in [9.17, 15) is 0 Å². The summed E-state index contributed by atoms with van der Waals surface area (Å²) in [6, 6.07) is 17.8. The molecule has 1 fully saturated rings. The first-order chi connectivity index (χ1) is 13.3. The predicted octanol–water partition coefficient (Wildman–Crippen LogP) is 4.26. The zero-order valence-corrected chi connectivity index (χ0v) is 14.9. The van der Waals surface area contributed by atoms with Crippen molar-refractivity contribution in [3.63, 3.8) is 0 Å². The molecule has 1 aliphatic heterocycles. The highest BCUT2D eigenvalue weighted by molar-refractivity contribution is 5.72. The Balaban J connectivity index is 1.21. The molecule has 0 saturated carbocycles. The molecule has 0 bridgehead atoms. The van der Waals surface area contributed by atoms with Crippen LogP contribution < -0.4 is 0 Å². The highest BCUT2D eigenvalue weighted by Crippen LogP contribution is 2.30. The minimum Gasteiger partial charge on any atom is -0.440 e. The minimum atomic E-state index is 0.371. The summed E-state index contributed by atoms with van der Waals surface area (Å²) < 4.78 is 11.8. The van der Waals surface area contributed by atoms with Gasteiger partial charge in [-0.2, -0.15) is 0 Å². The van der Waals surface area contributed by atoms with E-state index in [1.807, 2.05) is 54.6 Å². The molecule has 6 heteroatoms. The number of oxazole rings is 1. The van der Waals surface area contributed by atoms with E-state index in [1.54, 1.807) is 0 Å². The number of benzene rings is 2. The number of likely N-dealkylation sites (tertiary alicyclic amines) is 1. The van der Waals surface area contributed by atoms with Crippen molar-refractivity contribution < 1.29 is 8.83 Å². The largest absolute Gasteiger partial charge is 0.440 e. The fraction of sp³-hybridized carbons (Fsp3) is 0.286. The number of piperidine rings is 1. The van der Waals surface area contributed by atoms with E-state index in [0.717, 1.165) is 48.5 Å². The maximum absolute atomic E-state index is 5.94. The maximum Gasteiger partial charge on any atom is 0.247 e. The lowest BCUT2D eigenvalue weighted by Crippen LogP contribution is -2.32. The van der Waals surface area contributed by atoms with Crippen molar-refractivity contribution >= 4 is 11.1 Å². The third-order valence-electron chi connectivity index (χ3n) is 5.09. The number of para-hydroxylation sites is 2. The fourth-order valence-electron chi connectivity index (χ4n) is 3.61. The Hall–Kier alpha value is -2.99. The normalized spacial score (nSPS) is 16.1. The van der Waals surface area contributed by atoms with Gasteiger partial charge in [-0.15, -0.1) is 10.2 Å². The Kier molecular flexibility index (Phi) is 4.18. The second-order valence-corrected chi connectivity index (χ2v) is 6.94. The van der Waals surface area contributed by atoms with Crippen LogP contribution in [0.1, 0.15) is 30.5 Å². The second-order valence-electron chi connectivity index (χ2n) is 6.94. The molecule has 5 rings (SSSR count). The predicted molar refractivity (Wildman–Crippen MR) is 101 cm³/mol. The summed E-state index contributed by atoms with van der Waals surface area (Å²) in [4.78, 5) is 7.00. The highest BCUT2D eigenvalue weighted by Gasteiger charge is 2.25. The van der Waals surface area contributed by atoms with Crippen LogP contribution >= 0.6 is 0 Å². The SMILES string of the molecule is c1ccc(-c2nnc(CN3CCC(c4nc5ccccc5o4)CC3)o2)cc1. The van der Waals surface area contributed by atoms with Crippen LogP contribution in [-0.4, -0.2) is 33.2 Å². The van der Waals surface area contributed by atoms with Crippen molar-refractivity contribution in [1.82, 2.24) is 20.1 Å². The standard InChI is InChI=1S/C21H20N4O2/c1-2-6-15(7-3-1)21-24-23-19(27-21)14-25-12-10-16(11-13-25)20-22-17-8-4-5-9-18(17)26-20/h1-9,16H,10-14H2. The van der Waals surface area contributed by atoms with Crippen molar-refractivity contribution in [3.8, 4) is 11.5 Å². The molecule has 2 aromatic heterocycles. The van der Waals surface area contributed by atoms with Gasteiger partial charge in [0.15, 0.2) is 11.5 Å². The summed E-state index contributed by atoms with van der Waals surface area (Å²) in [7, 11) is 0. The Morgan fingerprint density at radius 3 is 2.48 bits per heavy atom. The molecule has 0 unspecified atom stereocenters. The van der Waals surface area contributed by atoms with Crippen molar-refractivity contribution in [2.45, 2.75) is 25.3 Å². The van der Waals surface area contributed by atoms with E-state index in [4.69, 9.17) is 8.83 Å². The van der Waals surface area contributed by atoms with Crippen molar-refractivity contribution in [2.24, 2.45) is 0 Å². The van der Waals surface area contributed by atoms with E-state index in [1.165, 1.54) is 0 Å². The van der Waals surface area contributed by atoms with Gasteiger partial charge < -0.3 is 8.83 Å². The number of aromatic nitrogens is 3. The first kappa shape index (κ1) is 16.2. The molecular weight excluding hydrogens is 340 g/mol. The summed E-state index contributed by atoms with van der Waals surface area (Å²) in [6.45, 7) is 2.61. The van der Waals surface area contributed by atoms with Gasteiger partial charge in [0.1, 0.15) is 5.52 Å². The summed E-state index contributed by atoms with van der Waals surface area (Å²) in [5.74, 6) is 2.47. The molecule has 1 saturated heterocycles. The van der Waals surface area contributed by atoms with Crippen molar-refractivity contribution in [3.05, 3.63) is 66.4 Å². The molecule has 4 aromatic rings. The lowest BCUT2D eigenvalue weighted by Gasteiger charge is -2.29. The fourth-order valence-corrected chi connectivity index (χ4v) is 3.61. The highest BCUT2D eigenvalue weighted by atomic mass is 16.4. The van der Waals surface area contributed by atoms with Gasteiger partial charge in [-0.25, -0.2) is 4.98 Å². The molecule has 0 N–H and O–H groups in total. The van der Waals surface area contributed by atoms with Gasteiger partial charge in [-0.1, -0.05) is 30.3 Å². The summed E-state index contributed by atoms with van der Waals surface area (Å²) in [5.41, 5.74) is 2.76. The smallest absolute Gasteiger partial charge is 0.247 e. The first-order valence-electron chi connectivity index (χ1n) is 9.31. The Bertz CT molecular complexity index is 999. The van der Waals surface area contributed by atoms with E-state index in [0.29, 0.717) is 24.2 Å². The van der Waals surface area contributed by atoms with Crippen LogP contribution in [0, 0.1) is 0 Å². The molecule has 27 heavy (non-hydrogen) atoms. The molecule has 136 valence electrons. The Morgan fingerprint density at radius 2 is 1.67 bits per heavy atom. The Labute approximate surface area is 156 Å². The van der Waals surface area contributed by atoms with Crippen LogP contribution in [0.15, 0.2) is 63.4 Å². The Morgan fingerprint density at radius 1 is 0.889 bits per heavy atom. The molecule has 0 aliphatic carbocycles. The molecule has 2 aromatic carbocycles. The van der Waals surface area contributed by atoms with Gasteiger partial charge >= 0.3 is 0 Å². The van der Waals surface area contributed by atoms with Gasteiger partial charge in [0.25, 0.3) is 0 Å². The van der Waals surface area contributed by atoms with Crippen LogP contribution in [0.5, 0.6) is 0 Å². The van der Waals surface area contributed by atoms with E-state index < -0.39 is 0 Å². The third kappa shape index (κ3) is 3.36. The van der Waals surface area contributed by atoms with Crippen molar-refractivity contribution in [2.75, 3.05) is 13.1 Å².